The molecule has 164 valence electrons. The predicted octanol–water partition coefficient (Wildman–Crippen LogP) is 2.81. The van der Waals surface area contributed by atoms with E-state index < -0.39 is 5.41 Å². The van der Waals surface area contributed by atoms with Crippen molar-refractivity contribution >= 4 is 42.3 Å². The Labute approximate surface area is 189 Å². The topological polar surface area (TPSA) is 92.3 Å². The van der Waals surface area contributed by atoms with Crippen LogP contribution < -0.4 is 16.0 Å². The summed E-state index contributed by atoms with van der Waals surface area (Å²) in [6, 6.07) is 10.7. The van der Waals surface area contributed by atoms with Crippen LogP contribution in [0.4, 0.5) is 5.69 Å². The Kier molecular flexibility index (Phi) is 10.8. The van der Waals surface area contributed by atoms with Crippen molar-refractivity contribution < 1.29 is 14.3 Å². The largest absolute Gasteiger partial charge is 0.384 e. The van der Waals surface area contributed by atoms with Gasteiger partial charge in [0, 0.05) is 37.3 Å². The van der Waals surface area contributed by atoms with Crippen molar-refractivity contribution in [3.8, 4) is 0 Å². The molecule has 2 heterocycles. The van der Waals surface area contributed by atoms with E-state index in [9.17, 15) is 9.59 Å². The summed E-state index contributed by atoms with van der Waals surface area (Å²) in [4.78, 5) is 29.0. The number of methoxy groups -OCH3 is 1. The Balaban J connectivity index is 0.00000225. The molecule has 1 aliphatic heterocycles. The fourth-order valence-corrected chi connectivity index (χ4v) is 3.40. The number of carbonyl (C=O) groups is 2. The number of halogens is 2. The zero-order chi connectivity index (χ0) is 19.8. The predicted molar refractivity (Wildman–Crippen MR) is 121 cm³/mol. The Morgan fingerprint density at radius 2 is 1.70 bits per heavy atom. The average molecular weight is 455 g/mol. The Morgan fingerprint density at radius 1 is 1.07 bits per heavy atom. The van der Waals surface area contributed by atoms with Crippen molar-refractivity contribution in [2.75, 3.05) is 32.1 Å². The van der Waals surface area contributed by atoms with Crippen molar-refractivity contribution in [3.63, 3.8) is 0 Å². The highest BCUT2D eigenvalue weighted by Gasteiger charge is 2.39. The molecule has 0 saturated carbocycles. The number of anilines is 1. The van der Waals surface area contributed by atoms with Gasteiger partial charge in [0.1, 0.15) is 0 Å². The normalized spacial score (nSPS) is 14.6. The van der Waals surface area contributed by atoms with Crippen LogP contribution in [0.3, 0.4) is 0 Å². The van der Waals surface area contributed by atoms with Gasteiger partial charge in [-0.3, -0.25) is 14.6 Å². The molecule has 7 nitrogen and oxygen atoms in total. The maximum Gasteiger partial charge on any atom is 0.255 e. The highest BCUT2D eigenvalue weighted by molar-refractivity contribution is 6.04. The van der Waals surface area contributed by atoms with Gasteiger partial charge in [-0.1, -0.05) is 12.1 Å². The lowest BCUT2D eigenvalue weighted by atomic mass is 9.78. The van der Waals surface area contributed by atoms with E-state index in [1.54, 1.807) is 43.8 Å². The zero-order valence-corrected chi connectivity index (χ0v) is 18.5. The monoisotopic (exact) mass is 454 g/mol. The third-order valence-corrected chi connectivity index (χ3v) is 5.07. The molecule has 3 rings (SSSR count). The van der Waals surface area contributed by atoms with Crippen molar-refractivity contribution in [2.45, 2.75) is 19.4 Å². The molecule has 0 unspecified atom stereocenters. The van der Waals surface area contributed by atoms with Crippen LogP contribution in [0.2, 0.25) is 0 Å². The standard InChI is InChI=1S/C21H26N4O3.2ClH/c1-28-15-21(8-12-23-13-9-21)20(27)24-14-16-2-4-17(5-3-16)19(26)25-18-6-10-22-11-7-18;;/h2-7,10-11,23H,8-9,12-15H2,1H3,(H,24,27)(H,22,25,26);2*1H. The van der Waals surface area contributed by atoms with Crippen LogP contribution in [0, 0.1) is 5.41 Å². The number of amides is 2. The second-order valence-corrected chi connectivity index (χ2v) is 7.03. The number of piperidine rings is 1. The summed E-state index contributed by atoms with van der Waals surface area (Å²) in [7, 11) is 1.63. The summed E-state index contributed by atoms with van der Waals surface area (Å²) in [5, 5.41) is 9.13. The summed E-state index contributed by atoms with van der Waals surface area (Å²) in [5.41, 5.74) is 1.72. The van der Waals surface area contributed by atoms with E-state index in [1.165, 1.54) is 0 Å². The Morgan fingerprint density at radius 3 is 2.30 bits per heavy atom. The Bertz CT molecular complexity index is 792. The Hall–Kier alpha value is -2.19. The molecular formula is C21H28Cl2N4O3. The second kappa shape index (κ2) is 12.5. The van der Waals surface area contributed by atoms with Crippen LogP contribution in [0.1, 0.15) is 28.8 Å². The first kappa shape index (κ1) is 25.8. The molecule has 0 bridgehead atoms. The molecule has 30 heavy (non-hydrogen) atoms. The lowest BCUT2D eigenvalue weighted by Gasteiger charge is -2.35. The van der Waals surface area contributed by atoms with Crippen LogP contribution >= 0.6 is 24.8 Å². The number of pyridine rings is 1. The van der Waals surface area contributed by atoms with Gasteiger partial charge in [0.05, 0.1) is 12.0 Å². The maximum absolute atomic E-state index is 12.8. The maximum atomic E-state index is 12.8. The minimum Gasteiger partial charge on any atom is -0.384 e. The van der Waals surface area contributed by atoms with Gasteiger partial charge in [0.25, 0.3) is 5.91 Å². The number of rotatable bonds is 7. The number of nitrogens with one attached hydrogen (secondary N) is 3. The summed E-state index contributed by atoms with van der Waals surface area (Å²) in [5.74, 6) is -0.161. The first-order valence-corrected chi connectivity index (χ1v) is 9.41. The molecule has 1 aromatic heterocycles. The molecule has 1 aromatic carbocycles. The van der Waals surface area contributed by atoms with E-state index in [4.69, 9.17) is 4.74 Å². The van der Waals surface area contributed by atoms with Crippen LogP contribution in [-0.2, 0) is 16.1 Å². The van der Waals surface area contributed by atoms with Crippen molar-refractivity contribution in [2.24, 2.45) is 5.41 Å². The molecule has 1 aliphatic rings. The van der Waals surface area contributed by atoms with E-state index in [1.807, 2.05) is 12.1 Å². The quantitative estimate of drug-likeness (QED) is 0.597. The van der Waals surface area contributed by atoms with Gasteiger partial charge in [-0.2, -0.15) is 0 Å². The third kappa shape index (κ3) is 6.67. The summed E-state index contributed by atoms with van der Waals surface area (Å²) in [6.07, 6.45) is 4.78. The fourth-order valence-electron chi connectivity index (χ4n) is 3.40. The van der Waals surface area contributed by atoms with Crippen LogP contribution in [0.5, 0.6) is 0 Å². The highest BCUT2D eigenvalue weighted by Crippen LogP contribution is 2.29. The minimum atomic E-state index is -0.468. The van der Waals surface area contributed by atoms with Crippen molar-refractivity contribution in [1.82, 2.24) is 15.6 Å². The fraction of sp³-hybridized carbons (Fsp3) is 0.381. The van der Waals surface area contributed by atoms with Gasteiger partial charge in [0.15, 0.2) is 0 Å². The van der Waals surface area contributed by atoms with Gasteiger partial charge >= 0.3 is 0 Å². The van der Waals surface area contributed by atoms with Crippen LogP contribution in [0.15, 0.2) is 48.8 Å². The summed E-state index contributed by atoms with van der Waals surface area (Å²) >= 11 is 0. The molecule has 0 spiro atoms. The number of benzene rings is 1. The molecule has 2 aromatic rings. The van der Waals surface area contributed by atoms with E-state index in [0.717, 1.165) is 31.5 Å². The first-order valence-electron chi connectivity index (χ1n) is 9.41. The molecule has 0 atom stereocenters. The number of hydrogen-bond acceptors (Lipinski definition) is 5. The van der Waals surface area contributed by atoms with Crippen LogP contribution in [-0.4, -0.2) is 43.6 Å². The van der Waals surface area contributed by atoms with E-state index >= 15 is 0 Å². The van der Waals surface area contributed by atoms with Gasteiger partial charge in [-0.05, 0) is 55.8 Å². The zero-order valence-electron chi connectivity index (χ0n) is 16.8. The molecule has 9 heteroatoms. The van der Waals surface area contributed by atoms with E-state index in [2.05, 4.69) is 20.9 Å². The third-order valence-electron chi connectivity index (χ3n) is 5.07. The molecule has 1 saturated heterocycles. The van der Waals surface area contributed by atoms with Crippen molar-refractivity contribution in [3.05, 3.63) is 59.9 Å². The number of carbonyl (C=O) groups excluding carboxylic acids is 2. The number of ether oxygens (including phenoxy) is 1. The van der Waals surface area contributed by atoms with Gasteiger partial charge < -0.3 is 20.7 Å². The lowest BCUT2D eigenvalue weighted by Crippen LogP contribution is -2.49. The van der Waals surface area contributed by atoms with Crippen molar-refractivity contribution in [1.29, 1.82) is 0 Å². The molecule has 2 amide bonds. The molecule has 0 radical (unpaired) electrons. The lowest BCUT2D eigenvalue weighted by molar-refractivity contribution is -0.136. The summed E-state index contributed by atoms with van der Waals surface area (Å²) in [6.45, 7) is 2.48. The SMILES string of the molecule is COCC1(C(=O)NCc2ccc(C(=O)Nc3ccncc3)cc2)CCNCC1.Cl.Cl. The van der Waals surface area contributed by atoms with Crippen LogP contribution in [0.25, 0.3) is 0 Å². The number of aromatic nitrogens is 1. The summed E-state index contributed by atoms with van der Waals surface area (Å²) < 4.78 is 5.31. The number of nitrogens with zero attached hydrogens (tertiary/aromatic N) is 1. The number of hydrogen-bond donors (Lipinski definition) is 3. The smallest absolute Gasteiger partial charge is 0.255 e. The van der Waals surface area contributed by atoms with Gasteiger partial charge in [-0.25, -0.2) is 0 Å². The molecule has 0 aliphatic carbocycles. The first-order chi connectivity index (χ1) is 13.6. The average Bonchev–Trinajstić information content (AvgIpc) is 2.74. The minimum absolute atomic E-state index is 0. The molecule has 3 N–H and O–H groups in total. The molecular weight excluding hydrogens is 427 g/mol. The highest BCUT2D eigenvalue weighted by atomic mass is 35.5. The van der Waals surface area contributed by atoms with Gasteiger partial charge in [-0.15, -0.1) is 24.8 Å². The molecule has 1 fully saturated rings. The second-order valence-electron chi connectivity index (χ2n) is 7.03. The van der Waals surface area contributed by atoms with E-state index in [-0.39, 0.29) is 36.6 Å². The van der Waals surface area contributed by atoms with Gasteiger partial charge in [0.2, 0.25) is 5.91 Å². The van der Waals surface area contributed by atoms with E-state index in [0.29, 0.717) is 24.4 Å².